The SMILES string of the molecule is CN1[C@@H]2CC[C@H]1C[C@H](Sc1ccc(OS(=O)(=O)C(F)(F)F)cc1)C2. The Morgan fingerprint density at radius 3 is 2.17 bits per heavy atom. The van der Waals surface area contributed by atoms with Crippen LogP contribution in [0.15, 0.2) is 29.2 Å². The first kappa shape index (κ1) is 17.9. The summed E-state index contributed by atoms with van der Waals surface area (Å²) in [5.41, 5.74) is -5.42. The third-order valence-electron chi connectivity index (χ3n) is 4.67. The predicted octanol–water partition coefficient (Wildman–Crippen LogP) is 3.63. The molecule has 2 aliphatic heterocycles. The molecule has 0 unspecified atom stereocenters. The summed E-state index contributed by atoms with van der Waals surface area (Å²) in [6, 6.07) is 6.95. The molecule has 1 aromatic rings. The van der Waals surface area contributed by atoms with E-state index in [1.165, 1.54) is 25.0 Å². The lowest BCUT2D eigenvalue weighted by Gasteiger charge is -2.36. The van der Waals surface area contributed by atoms with Crippen LogP contribution in [0.4, 0.5) is 13.2 Å². The van der Waals surface area contributed by atoms with Gasteiger partial charge in [0.05, 0.1) is 0 Å². The van der Waals surface area contributed by atoms with Crippen LogP contribution >= 0.6 is 11.8 Å². The molecule has 9 heteroatoms. The van der Waals surface area contributed by atoms with Crippen LogP contribution in [0.25, 0.3) is 0 Å². The summed E-state index contributed by atoms with van der Waals surface area (Å²) < 4.78 is 62.9. The van der Waals surface area contributed by atoms with Crippen LogP contribution in [-0.4, -0.2) is 43.2 Å². The number of thioether (sulfide) groups is 1. The van der Waals surface area contributed by atoms with Gasteiger partial charge in [0, 0.05) is 22.2 Å². The summed E-state index contributed by atoms with van der Waals surface area (Å²) in [5.74, 6) is -0.333. The Morgan fingerprint density at radius 1 is 1.12 bits per heavy atom. The maximum atomic E-state index is 12.3. The Hall–Kier alpha value is -0.930. The maximum Gasteiger partial charge on any atom is 0.534 e. The second-order valence-electron chi connectivity index (χ2n) is 6.22. The zero-order valence-corrected chi connectivity index (χ0v) is 14.6. The first-order chi connectivity index (χ1) is 11.2. The minimum Gasteiger partial charge on any atom is -0.376 e. The Kier molecular flexibility index (Phi) is 4.78. The minimum absolute atomic E-state index is 0.333. The molecule has 0 saturated carbocycles. The maximum absolute atomic E-state index is 12.3. The van der Waals surface area contributed by atoms with Crippen LogP contribution in [0.2, 0.25) is 0 Å². The standard InChI is InChI=1S/C15H18F3NO3S2/c1-19-10-2-3-11(19)9-14(8-10)23-13-6-4-12(5-7-13)22-24(20,21)15(16,17)18/h4-7,10-11,14H,2-3,8-9H2,1H3/t10-,11+,14-. The fourth-order valence-corrected chi connectivity index (χ4v) is 5.17. The molecule has 2 fully saturated rings. The van der Waals surface area contributed by atoms with E-state index in [0.717, 1.165) is 17.7 Å². The van der Waals surface area contributed by atoms with Crippen molar-refractivity contribution in [3.63, 3.8) is 0 Å². The highest BCUT2D eigenvalue weighted by atomic mass is 32.2. The third-order valence-corrected chi connectivity index (χ3v) is 6.91. The van der Waals surface area contributed by atoms with E-state index in [0.29, 0.717) is 17.3 Å². The number of benzene rings is 1. The normalized spacial score (nSPS) is 28.1. The second-order valence-corrected chi connectivity index (χ2v) is 9.13. The van der Waals surface area contributed by atoms with Gasteiger partial charge in [-0.25, -0.2) is 0 Å². The molecule has 24 heavy (non-hydrogen) atoms. The molecule has 0 radical (unpaired) electrons. The van der Waals surface area contributed by atoms with Crippen molar-refractivity contribution < 1.29 is 25.8 Å². The summed E-state index contributed by atoms with van der Waals surface area (Å²) in [6.45, 7) is 0. The van der Waals surface area contributed by atoms with E-state index >= 15 is 0 Å². The number of hydrogen-bond donors (Lipinski definition) is 0. The molecule has 4 nitrogen and oxygen atoms in total. The van der Waals surface area contributed by atoms with Crippen molar-refractivity contribution >= 4 is 21.9 Å². The van der Waals surface area contributed by atoms with E-state index in [9.17, 15) is 21.6 Å². The van der Waals surface area contributed by atoms with Gasteiger partial charge in [-0.15, -0.1) is 11.8 Å². The highest BCUT2D eigenvalue weighted by Crippen LogP contribution is 2.41. The lowest BCUT2D eigenvalue weighted by atomic mass is 10.0. The molecule has 0 amide bonds. The van der Waals surface area contributed by atoms with Crippen LogP contribution in [0, 0.1) is 0 Å². The molecule has 2 aliphatic rings. The largest absolute Gasteiger partial charge is 0.534 e. The van der Waals surface area contributed by atoms with Crippen LogP contribution in [-0.2, 0) is 10.1 Å². The lowest BCUT2D eigenvalue weighted by Crippen LogP contribution is -2.40. The summed E-state index contributed by atoms with van der Waals surface area (Å²) in [6.07, 6.45) is 4.64. The summed E-state index contributed by atoms with van der Waals surface area (Å²) in [5, 5.41) is 0.476. The quantitative estimate of drug-likeness (QED) is 0.589. The summed E-state index contributed by atoms with van der Waals surface area (Å²) in [4.78, 5) is 3.34. The molecule has 3 atom stereocenters. The van der Waals surface area contributed by atoms with E-state index in [2.05, 4.69) is 16.1 Å². The van der Waals surface area contributed by atoms with E-state index in [-0.39, 0.29) is 5.75 Å². The Bertz CT molecular complexity index is 677. The molecule has 2 saturated heterocycles. The number of fused-ring (bicyclic) bond motifs is 2. The fourth-order valence-electron chi connectivity index (χ4n) is 3.40. The first-order valence-corrected chi connectivity index (χ1v) is 9.94. The smallest absolute Gasteiger partial charge is 0.376 e. The number of nitrogens with zero attached hydrogens (tertiary/aromatic N) is 1. The van der Waals surface area contributed by atoms with Gasteiger partial charge in [-0.3, -0.25) is 0 Å². The van der Waals surface area contributed by atoms with Gasteiger partial charge in [0.15, 0.2) is 0 Å². The number of alkyl halides is 3. The van der Waals surface area contributed by atoms with Crippen molar-refractivity contribution in [2.45, 2.75) is 53.4 Å². The van der Waals surface area contributed by atoms with Gasteiger partial charge in [-0.05, 0) is 57.0 Å². The molecule has 0 spiro atoms. The van der Waals surface area contributed by atoms with Gasteiger partial charge in [-0.2, -0.15) is 21.6 Å². The molecule has 2 bridgehead atoms. The Morgan fingerprint density at radius 2 is 1.67 bits per heavy atom. The van der Waals surface area contributed by atoms with Gasteiger partial charge < -0.3 is 9.08 Å². The first-order valence-electron chi connectivity index (χ1n) is 7.65. The zero-order chi connectivity index (χ0) is 17.5. The molecule has 0 aromatic heterocycles. The van der Waals surface area contributed by atoms with Gasteiger partial charge >= 0.3 is 15.6 Å². The number of halogens is 3. The van der Waals surface area contributed by atoms with Gasteiger partial charge in [0.2, 0.25) is 0 Å². The topological polar surface area (TPSA) is 46.6 Å². The van der Waals surface area contributed by atoms with Crippen LogP contribution < -0.4 is 4.18 Å². The monoisotopic (exact) mass is 381 g/mol. The Balaban J connectivity index is 1.61. The molecule has 134 valence electrons. The van der Waals surface area contributed by atoms with E-state index in [4.69, 9.17) is 0 Å². The molecule has 1 aromatic carbocycles. The number of hydrogen-bond acceptors (Lipinski definition) is 5. The second kappa shape index (κ2) is 6.42. The molecular formula is C15H18F3NO3S2. The average molecular weight is 381 g/mol. The highest BCUT2D eigenvalue weighted by Gasteiger charge is 2.48. The zero-order valence-electron chi connectivity index (χ0n) is 13.0. The van der Waals surface area contributed by atoms with Crippen LogP contribution in [0.5, 0.6) is 5.75 Å². The average Bonchev–Trinajstić information content (AvgIpc) is 2.71. The van der Waals surface area contributed by atoms with E-state index < -0.39 is 15.6 Å². The number of rotatable bonds is 4. The van der Waals surface area contributed by atoms with Crippen LogP contribution in [0.1, 0.15) is 25.7 Å². The van der Waals surface area contributed by atoms with Crippen molar-refractivity contribution in [2.24, 2.45) is 0 Å². The molecular weight excluding hydrogens is 363 g/mol. The van der Waals surface area contributed by atoms with Crippen molar-refractivity contribution in [1.82, 2.24) is 4.90 Å². The molecule has 0 aliphatic carbocycles. The van der Waals surface area contributed by atoms with Crippen molar-refractivity contribution in [1.29, 1.82) is 0 Å². The van der Waals surface area contributed by atoms with Crippen molar-refractivity contribution in [3.05, 3.63) is 24.3 Å². The molecule has 2 heterocycles. The van der Waals surface area contributed by atoms with Gasteiger partial charge in [0.25, 0.3) is 0 Å². The fraction of sp³-hybridized carbons (Fsp3) is 0.600. The van der Waals surface area contributed by atoms with Gasteiger partial charge in [-0.1, -0.05) is 0 Å². The number of piperidine rings is 1. The third kappa shape index (κ3) is 3.67. The minimum atomic E-state index is -5.62. The van der Waals surface area contributed by atoms with E-state index in [1.807, 2.05) is 0 Å². The van der Waals surface area contributed by atoms with E-state index in [1.54, 1.807) is 23.9 Å². The van der Waals surface area contributed by atoms with Crippen molar-refractivity contribution in [2.75, 3.05) is 7.05 Å². The Labute approximate surface area is 143 Å². The predicted molar refractivity (Wildman–Crippen MR) is 85.5 cm³/mol. The lowest BCUT2D eigenvalue weighted by molar-refractivity contribution is -0.0500. The highest BCUT2D eigenvalue weighted by molar-refractivity contribution is 8.00. The van der Waals surface area contributed by atoms with Crippen LogP contribution in [0.3, 0.4) is 0 Å². The van der Waals surface area contributed by atoms with Gasteiger partial charge in [0.1, 0.15) is 5.75 Å². The summed E-state index contributed by atoms with van der Waals surface area (Å²) >= 11 is 1.69. The summed E-state index contributed by atoms with van der Waals surface area (Å²) in [7, 11) is -3.45. The van der Waals surface area contributed by atoms with Crippen molar-refractivity contribution in [3.8, 4) is 5.75 Å². The molecule has 0 N–H and O–H groups in total. The molecule has 3 rings (SSSR count).